The number of aromatic nitrogens is 1. The average molecular weight is 289 g/mol. The zero-order valence-corrected chi connectivity index (χ0v) is 11.3. The number of alkyl halides is 3. The van der Waals surface area contributed by atoms with Crippen LogP contribution in [0.4, 0.5) is 13.2 Å². The summed E-state index contributed by atoms with van der Waals surface area (Å²) >= 11 is 0. The van der Waals surface area contributed by atoms with Crippen LogP contribution in [0, 0.1) is 0 Å². The Balaban J connectivity index is 2.10. The molecule has 3 rings (SSSR count). The first-order valence-electron chi connectivity index (χ1n) is 6.75. The van der Waals surface area contributed by atoms with E-state index in [9.17, 15) is 13.2 Å². The maximum Gasteiger partial charge on any atom is 0.390 e. The first kappa shape index (κ1) is 13.7. The maximum atomic E-state index is 12.6. The van der Waals surface area contributed by atoms with Crippen molar-refractivity contribution < 1.29 is 13.2 Å². The summed E-state index contributed by atoms with van der Waals surface area (Å²) in [5, 5.41) is 0.957. The molecule has 1 aromatic heterocycles. The molecule has 0 saturated heterocycles. The highest BCUT2D eigenvalue weighted by Gasteiger charge is 2.27. The number of halogens is 3. The number of hydrogen-bond donors (Lipinski definition) is 0. The monoisotopic (exact) mass is 289 g/mol. The van der Waals surface area contributed by atoms with Gasteiger partial charge in [-0.15, -0.1) is 0 Å². The summed E-state index contributed by atoms with van der Waals surface area (Å²) in [4.78, 5) is 0. The molecule has 0 aliphatic heterocycles. The molecule has 0 fully saturated rings. The lowest BCUT2D eigenvalue weighted by molar-refractivity contribution is -0.136. The van der Waals surface area contributed by atoms with E-state index in [1.807, 2.05) is 60.7 Å². The van der Waals surface area contributed by atoms with E-state index in [4.69, 9.17) is 0 Å². The van der Waals surface area contributed by atoms with Crippen LogP contribution < -0.4 is 0 Å². The fourth-order valence-electron chi connectivity index (χ4n) is 2.54. The zero-order chi connectivity index (χ0) is 14.9. The summed E-state index contributed by atoms with van der Waals surface area (Å²) in [6.45, 7) is -0.0682. The summed E-state index contributed by atoms with van der Waals surface area (Å²) in [6, 6.07) is 19.0. The molecule has 108 valence electrons. The van der Waals surface area contributed by atoms with Crippen molar-refractivity contribution >= 4 is 10.9 Å². The van der Waals surface area contributed by atoms with E-state index < -0.39 is 12.6 Å². The Kier molecular flexibility index (Phi) is 3.45. The summed E-state index contributed by atoms with van der Waals surface area (Å²) in [6.07, 6.45) is -4.98. The van der Waals surface area contributed by atoms with Gasteiger partial charge in [-0.3, -0.25) is 0 Å². The van der Waals surface area contributed by atoms with Crippen LogP contribution in [0.2, 0.25) is 0 Å². The molecule has 0 spiro atoms. The van der Waals surface area contributed by atoms with Crippen molar-refractivity contribution in [1.29, 1.82) is 0 Å². The van der Waals surface area contributed by atoms with Crippen LogP contribution >= 0.6 is 0 Å². The van der Waals surface area contributed by atoms with Crippen molar-refractivity contribution in [3.05, 3.63) is 60.7 Å². The van der Waals surface area contributed by atoms with Crippen LogP contribution in [0.5, 0.6) is 0 Å². The number of fused-ring (bicyclic) bond motifs is 1. The second kappa shape index (κ2) is 5.28. The lowest BCUT2D eigenvalue weighted by Gasteiger charge is -2.12. The maximum absolute atomic E-state index is 12.6. The first-order valence-corrected chi connectivity index (χ1v) is 6.75. The van der Waals surface area contributed by atoms with Crippen LogP contribution in [-0.4, -0.2) is 10.7 Å². The van der Waals surface area contributed by atoms with Gasteiger partial charge in [0.2, 0.25) is 0 Å². The molecule has 0 aliphatic rings. The van der Waals surface area contributed by atoms with Gasteiger partial charge in [0, 0.05) is 23.1 Å². The highest BCUT2D eigenvalue weighted by atomic mass is 19.4. The molecule has 1 nitrogen and oxygen atoms in total. The van der Waals surface area contributed by atoms with Crippen LogP contribution in [0.25, 0.3) is 22.2 Å². The minimum Gasteiger partial charge on any atom is -0.340 e. The second-order valence-corrected chi connectivity index (χ2v) is 4.97. The van der Waals surface area contributed by atoms with Gasteiger partial charge in [-0.2, -0.15) is 13.2 Å². The van der Waals surface area contributed by atoms with Crippen molar-refractivity contribution in [1.82, 2.24) is 4.57 Å². The highest BCUT2D eigenvalue weighted by molar-refractivity contribution is 5.87. The minimum absolute atomic E-state index is 0.0682. The van der Waals surface area contributed by atoms with Crippen LogP contribution in [0.3, 0.4) is 0 Å². The van der Waals surface area contributed by atoms with Crippen molar-refractivity contribution in [2.45, 2.75) is 19.1 Å². The van der Waals surface area contributed by atoms with Gasteiger partial charge < -0.3 is 4.57 Å². The minimum atomic E-state index is -4.15. The van der Waals surface area contributed by atoms with Crippen molar-refractivity contribution in [2.24, 2.45) is 0 Å². The Labute approximate surface area is 120 Å². The standard InChI is InChI=1S/C17H14F3N/c18-17(19,20)10-11-21-15-9-5-4-8-14(15)12-16(21)13-6-2-1-3-7-13/h1-9,12H,10-11H2. The topological polar surface area (TPSA) is 4.93 Å². The SMILES string of the molecule is FC(F)(F)CCn1c(-c2ccccc2)cc2ccccc21. The van der Waals surface area contributed by atoms with Gasteiger partial charge in [0.1, 0.15) is 0 Å². The Morgan fingerprint density at radius 3 is 2.24 bits per heavy atom. The van der Waals surface area contributed by atoms with Gasteiger partial charge in [-0.25, -0.2) is 0 Å². The lowest BCUT2D eigenvalue weighted by Crippen LogP contribution is -2.12. The van der Waals surface area contributed by atoms with Gasteiger partial charge in [0.25, 0.3) is 0 Å². The Morgan fingerprint density at radius 2 is 1.52 bits per heavy atom. The van der Waals surface area contributed by atoms with Gasteiger partial charge in [0.05, 0.1) is 6.42 Å². The molecule has 2 aromatic carbocycles. The summed E-state index contributed by atoms with van der Waals surface area (Å²) in [5.74, 6) is 0. The van der Waals surface area contributed by atoms with Crippen molar-refractivity contribution in [2.75, 3.05) is 0 Å². The van der Waals surface area contributed by atoms with E-state index in [-0.39, 0.29) is 6.54 Å². The molecule has 0 amide bonds. The van der Waals surface area contributed by atoms with Gasteiger partial charge >= 0.3 is 6.18 Å². The molecule has 1 heterocycles. The molecule has 0 radical (unpaired) electrons. The zero-order valence-electron chi connectivity index (χ0n) is 11.3. The predicted molar refractivity (Wildman–Crippen MR) is 78.0 cm³/mol. The molecule has 21 heavy (non-hydrogen) atoms. The number of rotatable bonds is 3. The highest BCUT2D eigenvalue weighted by Crippen LogP contribution is 2.30. The Hall–Kier alpha value is -2.23. The average Bonchev–Trinajstić information content (AvgIpc) is 2.84. The number of aryl methyl sites for hydroxylation is 1. The van der Waals surface area contributed by atoms with Crippen LogP contribution in [-0.2, 0) is 6.54 Å². The third kappa shape index (κ3) is 2.94. The molecular weight excluding hydrogens is 275 g/mol. The number of para-hydroxylation sites is 1. The third-order valence-corrected chi connectivity index (χ3v) is 3.50. The second-order valence-electron chi connectivity index (χ2n) is 4.97. The Morgan fingerprint density at radius 1 is 0.857 bits per heavy atom. The van der Waals surface area contributed by atoms with Crippen molar-refractivity contribution in [3.8, 4) is 11.3 Å². The normalized spacial score (nSPS) is 12.0. The first-order chi connectivity index (χ1) is 10.0. The molecule has 0 N–H and O–H groups in total. The van der Waals surface area contributed by atoms with Gasteiger partial charge in [-0.05, 0) is 17.7 Å². The molecule has 0 bridgehead atoms. The van der Waals surface area contributed by atoms with Gasteiger partial charge in [-0.1, -0.05) is 48.5 Å². The summed E-state index contributed by atoms with van der Waals surface area (Å²) in [7, 11) is 0. The molecule has 0 aliphatic carbocycles. The van der Waals surface area contributed by atoms with E-state index in [0.717, 1.165) is 22.2 Å². The molecular formula is C17H14F3N. The fraction of sp³-hybridized carbons (Fsp3) is 0.176. The van der Waals surface area contributed by atoms with Crippen LogP contribution in [0.1, 0.15) is 6.42 Å². The number of hydrogen-bond acceptors (Lipinski definition) is 0. The van der Waals surface area contributed by atoms with E-state index in [1.165, 1.54) is 0 Å². The number of benzene rings is 2. The largest absolute Gasteiger partial charge is 0.390 e. The predicted octanol–water partition coefficient (Wildman–Crippen LogP) is 5.26. The van der Waals surface area contributed by atoms with Crippen LogP contribution in [0.15, 0.2) is 60.7 Å². The Bertz CT molecular complexity index is 742. The van der Waals surface area contributed by atoms with Gasteiger partial charge in [0.15, 0.2) is 0 Å². The van der Waals surface area contributed by atoms with Crippen molar-refractivity contribution in [3.63, 3.8) is 0 Å². The summed E-state index contributed by atoms with van der Waals surface area (Å²) < 4.78 is 39.5. The smallest absolute Gasteiger partial charge is 0.340 e. The van der Waals surface area contributed by atoms with E-state index in [1.54, 1.807) is 4.57 Å². The molecule has 0 atom stereocenters. The summed E-state index contributed by atoms with van der Waals surface area (Å²) in [5.41, 5.74) is 2.58. The molecule has 4 heteroatoms. The third-order valence-electron chi connectivity index (χ3n) is 3.50. The fourth-order valence-corrected chi connectivity index (χ4v) is 2.54. The van der Waals surface area contributed by atoms with E-state index >= 15 is 0 Å². The quantitative estimate of drug-likeness (QED) is 0.619. The number of nitrogens with zero attached hydrogens (tertiary/aromatic N) is 1. The lowest BCUT2D eigenvalue weighted by atomic mass is 10.1. The van der Waals surface area contributed by atoms with E-state index in [2.05, 4.69) is 0 Å². The molecule has 3 aromatic rings. The van der Waals surface area contributed by atoms with E-state index in [0.29, 0.717) is 0 Å². The molecule has 0 unspecified atom stereocenters. The molecule has 0 saturated carbocycles.